The van der Waals surface area contributed by atoms with Gasteiger partial charge >= 0.3 is 0 Å². The molecular formula is C14H22N2OS. The summed E-state index contributed by atoms with van der Waals surface area (Å²) in [5, 5.41) is 4.60. The molecule has 1 N–H and O–H groups in total. The number of aryl methyl sites for hydroxylation is 1. The molecule has 18 heavy (non-hydrogen) atoms. The van der Waals surface area contributed by atoms with E-state index in [0.29, 0.717) is 11.3 Å². The number of aromatic nitrogens is 1. The highest BCUT2D eigenvalue weighted by atomic mass is 32.1. The molecule has 2 heterocycles. The van der Waals surface area contributed by atoms with Gasteiger partial charge < -0.3 is 10.1 Å². The Balaban J connectivity index is 1.78. The molecule has 1 spiro atoms. The van der Waals surface area contributed by atoms with Crippen molar-refractivity contribution in [3.63, 3.8) is 0 Å². The predicted molar refractivity (Wildman–Crippen MR) is 75.5 cm³/mol. The highest BCUT2D eigenvalue weighted by Crippen LogP contribution is 2.48. The fourth-order valence-corrected chi connectivity index (χ4v) is 4.11. The summed E-state index contributed by atoms with van der Waals surface area (Å²) in [5.41, 5.74) is 1.74. The lowest BCUT2D eigenvalue weighted by Gasteiger charge is -2.32. The number of hydrogen-bond acceptors (Lipinski definition) is 4. The number of hydrogen-bond donors (Lipinski definition) is 1. The number of rotatable bonds is 3. The van der Waals surface area contributed by atoms with Crippen molar-refractivity contribution in [1.82, 2.24) is 4.98 Å². The highest BCUT2D eigenvalue weighted by Gasteiger charge is 2.42. The summed E-state index contributed by atoms with van der Waals surface area (Å²) < 4.78 is 5.52. The molecule has 1 saturated heterocycles. The number of fused-ring (bicyclic) bond motifs is 2. The van der Waals surface area contributed by atoms with E-state index in [-0.39, 0.29) is 0 Å². The quantitative estimate of drug-likeness (QED) is 0.912. The van der Waals surface area contributed by atoms with E-state index < -0.39 is 0 Å². The van der Waals surface area contributed by atoms with Crippen LogP contribution in [0, 0.1) is 5.92 Å². The monoisotopic (exact) mass is 266 g/mol. The zero-order valence-electron chi connectivity index (χ0n) is 11.3. The molecule has 3 nitrogen and oxygen atoms in total. The van der Waals surface area contributed by atoms with E-state index in [9.17, 15) is 0 Å². The van der Waals surface area contributed by atoms with E-state index in [1.807, 2.05) is 11.3 Å². The lowest BCUT2D eigenvalue weighted by Crippen LogP contribution is -2.32. The van der Waals surface area contributed by atoms with E-state index in [2.05, 4.69) is 19.2 Å². The topological polar surface area (TPSA) is 34.2 Å². The van der Waals surface area contributed by atoms with E-state index in [0.717, 1.165) is 37.7 Å². The lowest BCUT2D eigenvalue weighted by atomic mass is 9.78. The van der Waals surface area contributed by atoms with Crippen molar-refractivity contribution in [1.29, 1.82) is 0 Å². The van der Waals surface area contributed by atoms with E-state index in [1.54, 1.807) is 0 Å². The molecule has 3 rings (SSSR count). The second-order valence-electron chi connectivity index (χ2n) is 5.96. The summed E-state index contributed by atoms with van der Waals surface area (Å²) in [4.78, 5) is 6.41. The number of anilines is 1. The molecule has 100 valence electrons. The molecule has 0 bridgehead atoms. The third kappa shape index (κ3) is 2.16. The average Bonchev–Trinajstić information content (AvgIpc) is 2.90. The van der Waals surface area contributed by atoms with Gasteiger partial charge in [-0.3, -0.25) is 0 Å². The molecule has 0 atom stereocenters. The van der Waals surface area contributed by atoms with Gasteiger partial charge in [0.1, 0.15) is 0 Å². The van der Waals surface area contributed by atoms with Crippen molar-refractivity contribution in [3.05, 3.63) is 10.6 Å². The Hall–Kier alpha value is -0.610. The summed E-state index contributed by atoms with van der Waals surface area (Å²) in [6, 6.07) is 0. The van der Waals surface area contributed by atoms with Crippen molar-refractivity contribution >= 4 is 16.5 Å². The molecule has 1 aromatic heterocycles. The molecule has 1 aliphatic carbocycles. The second kappa shape index (κ2) is 4.82. The molecule has 0 saturated carbocycles. The summed E-state index contributed by atoms with van der Waals surface area (Å²) >= 11 is 1.87. The first-order valence-corrected chi connectivity index (χ1v) is 7.83. The Morgan fingerprint density at radius 1 is 1.33 bits per heavy atom. The first kappa shape index (κ1) is 12.4. The summed E-state index contributed by atoms with van der Waals surface area (Å²) in [6.45, 7) is 7.29. The van der Waals surface area contributed by atoms with Crippen LogP contribution in [0.15, 0.2) is 0 Å². The van der Waals surface area contributed by atoms with Gasteiger partial charge in [0.15, 0.2) is 5.13 Å². The molecule has 2 aliphatic rings. The Bertz CT molecular complexity index is 421. The van der Waals surface area contributed by atoms with Gasteiger partial charge in [0.25, 0.3) is 0 Å². The van der Waals surface area contributed by atoms with Crippen LogP contribution in [0.5, 0.6) is 0 Å². The van der Waals surface area contributed by atoms with E-state index in [4.69, 9.17) is 9.72 Å². The SMILES string of the molecule is CC(C)CNc1nc2c(s1)CCC21CCOCC1. The van der Waals surface area contributed by atoms with Gasteiger partial charge in [-0.15, -0.1) is 11.3 Å². The van der Waals surface area contributed by atoms with Gasteiger partial charge in [0.05, 0.1) is 5.69 Å². The summed E-state index contributed by atoms with van der Waals surface area (Å²) in [7, 11) is 0. The fourth-order valence-electron chi connectivity index (χ4n) is 3.02. The zero-order chi connectivity index (χ0) is 12.6. The van der Waals surface area contributed by atoms with Crippen LogP contribution in [-0.4, -0.2) is 24.7 Å². The molecule has 0 unspecified atom stereocenters. The minimum absolute atomic E-state index is 0.349. The Labute approximate surface area is 113 Å². The molecule has 1 aliphatic heterocycles. The Morgan fingerprint density at radius 3 is 2.83 bits per heavy atom. The van der Waals surface area contributed by atoms with Gasteiger partial charge in [-0.1, -0.05) is 13.8 Å². The van der Waals surface area contributed by atoms with Crippen molar-refractivity contribution < 1.29 is 4.74 Å². The summed E-state index contributed by atoms with van der Waals surface area (Å²) in [6.07, 6.45) is 4.83. The molecular weight excluding hydrogens is 244 g/mol. The maximum atomic E-state index is 5.52. The van der Waals surface area contributed by atoms with Gasteiger partial charge in [-0.2, -0.15) is 0 Å². The Kier molecular flexibility index (Phi) is 3.32. The van der Waals surface area contributed by atoms with Gasteiger partial charge in [-0.25, -0.2) is 4.98 Å². The van der Waals surface area contributed by atoms with Crippen LogP contribution in [0.4, 0.5) is 5.13 Å². The van der Waals surface area contributed by atoms with Gasteiger partial charge in [0.2, 0.25) is 0 Å². The molecule has 0 amide bonds. The van der Waals surface area contributed by atoms with E-state index in [1.165, 1.54) is 23.4 Å². The van der Waals surface area contributed by atoms with Crippen LogP contribution in [0.25, 0.3) is 0 Å². The highest BCUT2D eigenvalue weighted by molar-refractivity contribution is 7.15. The maximum absolute atomic E-state index is 5.52. The van der Waals surface area contributed by atoms with Crippen LogP contribution in [0.2, 0.25) is 0 Å². The summed E-state index contributed by atoms with van der Waals surface area (Å²) in [5.74, 6) is 0.667. The number of nitrogens with zero attached hydrogens (tertiary/aromatic N) is 1. The fraction of sp³-hybridized carbons (Fsp3) is 0.786. The molecule has 4 heteroatoms. The lowest BCUT2D eigenvalue weighted by molar-refractivity contribution is 0.0494. The maximum Gasteiger partial charge on any atom is 0.183 e. The van der Waals surface area contributed by atoms with Crippen molar-refractivity contribution in [2.45, 2.75) is 44.9 Å². The average molecular weight is 266 g/mol. The van der Waals surface area contributed by atoms with E-state index >= 15 is 0 Å². The predicted octanol–water partition coefficient (Wildman–Crippen LogP) is 3.21. The first-order chi connectivity index (χ1) is 8.70. The Morgan fingerprint density at radius 2 is 2.11 bits per heavy atom. The number of thiazole rings is 1. The van der Waals surface area contributed by atoms with Crippen LogP contribution in [0.1, 0.15) is 43.7 Å². The zero-order valence-corrected chi connectivity index (χ0v) is 12.1. The smallest absolute Gasteiger partial charge is 0.183 e. The van der Waals surface area contributed by atoms with Gasteiger partial charge in [-0.05, 0) is 31.6 Å². The van der Waals surface area contributed by atoms with Crippen LogP contribution < -0.4 is 5.32 Å². The minimum Gasteiger partial charge on any atom is -0.381 e. The normalized spacial score (nSPS) is 21.5. The third-order valence-corrected chi connectivity index (χ3v) is 5.21. The second-order valence-corrected chi connectivity index (χ2v) is 7.04. The van der Waals surface area contributed by atoms with Crippen LogP contribution in [-0.2, 0) is 16.6 Å². The van der Waals surface area contributed by atoms with Crippen LogP contribution in [0.3, 0.4) is 0 Å². The largest absolute Gasteiger partial charge is 0.381 e. The van der Waals surface area contributed by atoms with Crippen LogP contribution >= 0.6 is 11.3 Å². The molecule has 0 radical (unpaired) electrons. The van der Waals surface area contributed by atoms with Gasteiger partial charge in [0, 0.05) is 30.1 Å². The molecule has 0 aromatic carbocycles. The van der Waals surface area contributed by atoms with Crippen molar-refractivity contribution in [2.24, 2.45) is 5.92 Å². The third-order valence-electron chi connectivity index (χ3n) is 4.14. The molecule has 1 aromatic rings. The minimum atomic E-state index is 0.349. The number of ether oxygens (including phenoxy) is 1. The van der Waals surface area contributed by atoms with Crippen molar-refractivity contribution in [3.8, 4) is 0 Å². The first-order valence-electron chi connectivity index (χ1n) is 7.01. The van der Waals surface area contributed by atoms with Crippen molar-refractivity contribution in [2.75, 3.05) is 25.1 Å². The number of nitrogens with one attached hydrogen (secondary N) is 1. The standard InChI is InChI=1S/C14H22N2OS/c1-10(2)9-15-13-16-12-11(18-13)3-4-14(12)5-7-17-8-6-14/h10H,3-9H2,1-2H3,(H,15,16). The molecule has 1 fully saturated rings.